The minimum absolute atomic E-state index is 0.0410. The van der Waals surface area contributed by atoms with Crippen molar-refractivity contribution in [1.29, 1.82) is 0 Å². The van der Waals surface area contributed by atoms with Gasteiger partial charge in [-0.1, -0.05) is 56.3 Å². The molecule has 0 unspecified atom stereocenters. The molecule has 342 valence electrons. The van der Waals surface area contributed by atoms with Gasteiger partial charge in [0, 0.05) is 29.9 Å². The second kappa shape index (κ2) is 17.7. The van der Waals surface area contributed by atoms with E-state index in [1.54, 1.807) is 0 Å². The molecule has 4 aliphatic rings. The minimum Gasteiger partial charge on any atom is -0.488 e. The molecule has 15 heteroatoms. The Balaban J connectivity index is 0.941. The molecular formula is C50H62N10O5. The normalized spacial score (nSPS) is 18.8. The molecule has 1 aliphatic carbocycles. The molecule has 2 saturated heterocycles. The summed E-state index contributed by atoms with van der Waals surface area (Å²) in [6.45, 7) is 7.60. The van der Waals surface area contributed by atoms with Crippen molar-refractivity contribution in [3.05, 3.63) is 101 Å². The van der Waals surface area contributed by atoms with Gasteiger partial charge in [0.1, 0.15) is 41.9 Å². The van der Waals surface area contributed by atoms with E-state index in [0.717, 1.165) is 106 Å². The number of ether oxygens (including phenoxy) is 2. The number of carbonyl (C=O) groups excluding carboxylic acids is 3. The van der Waals surface area contributed by atoms with E-state index in [-0.39, 0.29) is 29.8 Å². The topological polar surface area (TPSA) is 164 Å². The number of H-pyrrole nitrogens is 2. The van der Waals surface area contributed by atoms with E-state index in [4.69, 9.17) is 19.4 Å². The van der Waals surface area contributed by atoms with Crippen LogP contribution in [0.2, 0.25) is 0 Å². The molecule has 65 heavy (non-hydrogen) atoms. The number of alkyl carbamates (subject to hydrolysis) is 1. The van der Waals surface area contributed by atoms with E-state index in [2.05, 4.69) is 67.7 Å². The Labute approximate surface area is 381 Å². The monoisotopic (exact) mass is 882 g/mol. The van der Waals surface area contributed by atoms with E-state index in [1.165, 1.54) is 12.7 Å². The first kappa shape index (κ1) is 44.2. The SMILES string of the molecule is COC(=O)N[C@H](C(=O)N1CCC[C@H]1c1ncc(-c2ccc3c(c2)COc2cc4c(cc2-3)CCc2[nH]c([C@@H]3CCCN3C(=O)[C@H](NC(C)(N(C)C)N(C)C)c3ccccc3)nc2-4)[nH]1)C(C)C. The predicted octanol–water partition coefficient (Wildman–Crippen LogP) is 6.96. The fourth-order valence-electron chi connectivity index (χ4n) is 10.1. The first-order valence-electron chi connectivity index (χ1n) is 23.0. The van der Waals surface area contributed by atoms with Crippen molar-refractivity contribution >= 4 is 17.9 Å². The number of hydrogen-bond donors (Lipinski definition) is 4. The zero-order valence-electron chi connectivity index (χ0n) is 38.8. The average molecular weight is 883 g/mol. The van der Waals surface area contributed by atoms with Gasteiger partial charge in [0.15, 0.2) is 0 Å². The van der Waals surface area contributed by atoms with E-state index in [9.17, 15) is 14.4 Å². The first-order valence-corrected chi connectivity index (χ1v) is 23.0. The molecule has 9 rings (SSSR count). The summed E-state index contributed by atoms with van der Waals surface area (Å²) in [5.41, 5.74) is 10.4. The highest BCUT2D eigenvalue weighted by atomic mass is 16.5. The molecule has 5 aromatic rings. The molecule has 3 aliphatic heterocycles. The Hall–Kier alpha value is -6.03. The number of fused-ring (bicyclic) bond motifs is 6. The number of amides is 3. The summed E-state index contributed by atoms with van der Waals surface area (Å²) in [6, 6.07) is 19.2. The summed E-state index contributed by atoms with van der Waals surface area (Å²) < 4.78 is 11.3. The molecule has 4 N–H and O–H groups in total. The molecule has 0 bridgehead atoms. The standard InChI is InChI=1S/C50H62N10O5/c1-29(2)42(55-49(63)64-8)47(61)59-22-12-16-39(59)45-51-27-38(53-45)32-18-20-34-33(24-32)28-65-41-26-35-31(25-36(34)41)19-21-37-44(35)54-46(52-37)40-17-13-23-60(40)48(62)43(30-14-10-9-11-15-30)56-50(3,57(4)5)58(6)7/h9-11,14-15,18,20,24-27,29,39-40,42-43,56H,12-13,16-17,19,21-23,28H2,1-8H3,(H,51,53)(H,52,54)(H,55,63)/t39-,40-,42-,43+/m0/s1. The number of imidazole rings is 2. The smallest absolute Gasteiger partial charge is 0.407 e. The number of carbonyl (C=O) groups is 3. The third-order valence-electron chi connectivity index (χ3n) is 14.2. The number of nitrogens with zero attached hydrogens (tertiary/aromatic N) is 6. The Morgan fingerprint density at radius 1 is 0.846 bits per heavy atom. The van der Waals surface area contributed by atoms with Gasteiger partial charge in [0.25, 0.3) is 0 Å². The minimum atomic E-state index is -0.693. The molecule has 3 amide bonds. The highest BCUT2D eigenvalue weighted by Crippen LogP contribution is 2.46. The Morgan fingerprint density at radius 3 is 2.25 bits per heavy atom. The number of nitrogens with one attached hydrogen (secondary N) is 4. The van der Waals surface area contributed by atoms with E-state index >= 15 is 0 Å². The highest BCUT2D eigenvalue weighted by Gasteiger charge is 2.42. The van der Waals surface area contributed by atoms with Crippen LogP contribution in [0.25, 0.3) is 33.6 Å². The maximum atomic E-state index is 14.8. The fourth-order valence-corrected chi connectivity index (χ4v) is 10.1. The molecule has 15 nitrogen and oxygen atoms in total. The number of methoxy groups -OCH3 is 1. The number of aryl methyl sites for hydroxylation is 2. The van der Waals surface area contributed by atoms with Gasteiger partial charge in [-0.15, -0.1) is 0 Å². The third-order valence-corrected chi connectivity index (χ3v) is 14.2. The summed E-state index contributed by atoms with van der Waals surface area (Å²) in [6.07, 6.45) is 6.26. The van der Waals surface area contributed by atoms with Gasteiger partial charge >= 0.3 is 6.09 Å². The Kier molecular flexibility index (Phi) is 12.1. The van der Waals surface area contributed by atoms with Crippen molar-refractivity contribution in [2.75, 3.05) is 48.4 Å². The molecule has 0 radical (unpaired) electrons. The second-order valence-electron chi connectivity index (χ2n) is 18.8. The number of rotatable bonds is 12. The van der Waals surface area contributed by atoms with Crippen molar-refractivity contribution < 1.29 is 23.9 Å². The van der Waals surface area contributed by atoms with Gasteiger partial charge in [0.05, 0.1) is 36.8 Å². The van der Waals surface area contributed by atoms with Gasteiger partial charge in [-0.3, -0.25) is 24.7 Å². The average Bonchev–Trinajstić information content (AvgIpc) is 4.15. The molecule has 0 saturated carbocycles. The van der Waals surface area contributed by atoms with Crippen LogP contribution in [0, 0.1) is 5.92 Å². The summed E-state index contributed by atoms with van der Waals surface area (Å²) in [7, 11) is 9.39. The van der Waals surface area contributed by atoms with Gasteiger partial charge in [-0.2, -0.15) is 0 Å². The van der Waals surface area contributed by atoms with Crippen LogP contribution in [0.15, 0.2) is 66.9 Å². The lowest BCUT2D eigenvalue weighted by Crippen LogP contribution is -2.64. The van der Waals surface area contributed by atoms with Crippen LogP contribution in [0.1, 0.15) is 98.6 Å². The van der Waals surface area contributed by atoms with Crippen molar-refractivity contribution in [2.24, 2.45) is 5.92 Å². The van der Waals surface area contributed by atoms with Gasteiger partial charge in [-0.05, 0) is 126 Å². The summed E-state index contributed by atoms with van der Waals surface area (Å²) in [4.78, 5) is 65.8. The number of aromatic nitrogens is 4. The molecule has 2 fully saturated rings. The number of likely N-dealkylation sites (tertiary alicyclic amines) is 2. The maximum Gasteiger partial charge on any atom is 0.407 e. The summed E-state index contributed by atoms with van der Waals surface area (Å²) in [5.74, 6) is 1.61. The number of benzene rings is 3. The lowest BCUT2D eigenvalue weighted by atomic mass is 9.86. The van der Waals surface area contributed by atoms with E-state index < -0.39 is 24.0 Å². The van der Waals surface area contributed by atoms with Crippen LogP contribution >= 0.6 is 0 Å². The Bertz CT molecular complexity index is 2580. The second-order valence-corrected chi connectivity index (χ2v) is 18.8. The zero-order chi connectivity index (χ0) is 45.7. The van der Waals surface area contributed by atoms with Crippen LogP contribution in [0.4, 0.5) is 4.79 Å². The molecule has 5 heterocycles. The number of hydrogen-bond acceptors (Lipinski definition) is 10. The van der Waals surface area contributed by atoms with Crippen molar-refractivity contribution in [3.8, 4) is 39.4 Å². The lowest BCUT2D eigenvalue weighted by Gasteiger charge is -2.45. The lowest BCUT2D eigenvalue weighted by molar-refractivity contribution is -0.138. The molecule has 0 spiro atoms. The van der Waals surface area contributed by atoms with Gasteiger partial charge in [-0.25, -0.2) is 14.8 Å². The predicted molar refractivity (Wildman–Crippen MR) is 248 cm³/mol. The molecule has 2 aromatic heterocycles. The third kappa shape index (κ3) is 8.18. The van der Waals surface area contributed by atoms with Crippen molar-refractivity contribution in [1.82, 2.24) is 50.2 Å². The largest absolute Gasteiger partial charge is 0.488 e. The van der Waals surface area contributed by atoms with Crippen LogP contribution < -0.4 is 15.4 Å². The van der Waals surface area contributed by atoms with Crippen LogP contribution in [0.3, 0.4) is 0 Å². The van der Waals surface area contributed by atoms with E-state index in [1.807, 2.05) is 88.4 Å². The van der Waals surface area contributed by atoms with Crippen molar-refractivity contribution in [3.63, 3.8) is 0 Å². The molecule has 3 aromatic carbocycles. The van der Waals surface area contributed by atoms with Crippen LogP contribution in [-0.2, 0) is 33.8 Å². The number of aromatic amines is 2. The van der Waals surface area contributed by atoms with Crippen LogP contribution in [0.5, 0.6) is 5.75 Å². The van der Waals surface area contributed by atoms with E-state index in [0.29, 0.717) is 19.7 Å². The van der Waals surface area contributed by atoms with Crippen LogP contribution in [-0.4, -0.2) is 118 Å². The highest BCUT2D eigenvalue weighted by molar-refractivity contribution is 5.87. The quantitative estimate of drug-likeness (QED) is 0.0964. The fraction of sp³-hybridized carbons (Fsp3) is 0.460. The van der Waals surface area contributed by atoms with Crippen molar-refractivity contribution in [2.45, 2.75) is 95.9 Å². The first-order chi connectivity index (χ1) is 31.2. The Morgan fingerprint density at radius 2 is 1.55 bits per heavy atom. The molecular weight excluding hydrogens is 821 g/mol. The maximum absolute atomic E-state index is 14.8. The zero-order valence-corrected chi connectivity index (χ0v) is 38.8. The molecule has 4 atom stereocenters. The summed E-state index contributed by atoms with van der Waals surface area (Å²) in [5, 5.41) is 6.44. The summed E-state index contributed by atoms with van der Waals surface area (Å²) >= 11 is 0. The van der Waals surface area contributed by atoms with Gasteiger partial charge in [0.2, 0.25) is 11.8 Å². The van der Waals surface area contributed by atoms with Gasteiger partial charge < -0.3 is 34.6 Å².